The molecule has 0 radical (unpaired) electrons. The lowest BCUT2D eigenvalue weighted by atomic mass is 9.87. The van der Waals surface area contributed by atoms with Gasteiger partial charge in [-0.05, 0) is 38.5 Å². The molecule has 6 heteroatoms. The van der Waals surface area contributed by atoms with Crippen LogP contribution in [0.2, 0.25) is 0 Å². The van der Waals surface area contributed by atoms with E-state index < -0.39 is 0 Å². The van der Waals surface area contributed by atoms with E-state index in [9.17, 15) is 0 Å². The van der Waals surface area contributed by atoms with Crippen molar-refractivity contribution in [2.45, 2.75) is 71.9 Å². The predicted octanol–water partition coefficient (Wildman–Crippen LogP) is 4.52. The Labute approximate surface area is 162 Å². The van der Waals surface area contributed by atoms with Crippen molar-refractivity contribution in [1.29, 1.82) is 0 Å². The molecule has 1 saturated carbocycles. The number of nitrogens with one attached hydrogen (secondary N) is 2. The Kier molecular flexibility index (Phi) is 9.43. The molecular weight excluding hydrogens is 419 g/mol. The lowest BCUT2D eigenvalue weighted by Gasteiger charge is -2.28. The quantitative estimate of drug-likeness (QED) is 0.394. The summed E-state index contributed by atoms with van der Waals surface area (Å²) >= 11 is 1.74. The van der Waals surface area contributed by atoms with Gasteiger partial charge in [-0.15, -0.1) is 35.3 Å². The van der Waals surface area contributed by atoms with E-state index >= 15 is 0 Å². The summed E-state index contributed by atoms with van der Waals surface area (Å²) in [5.41, 5.74) is 1.07. The fraction of sp³-hybridized carbons (Fsp3) is 0.765. The van der Waals surface area contributed by atoms with E-state index in [-0.39, 0.29) is 24.0 Å². The molecule has 132 valence electrons. The molecule has 4 nitrogen and oxygen atoms in total. The van der Waals surface area contributed by atoms with Crippen molar-refractivity contribution in [2.75, 3.05) is 6.54 Å². The highest BCUT2D eigenvalue weighted by atomic mass is 127. The van der Waals surface area contributed by atoms with Gasteiger partial charge >= 0.3 is 0 Å². The maximum absolute atomic E-state index is 4.71. The Morgan fingerprint density at radius 2 is 2.04 bits per heavy atom. The van der Waals surface area contributed by atoms with Gasteiger partial charge < -0.3 is 10.6 Å². The Hall–Kier alpha value is -0.370. The highest BCUT2D eigenvalue weighted by Crippen LogP contribution is 2.23. The largest absolute Gasteiger partial charge is 0.357 e. The number of thiazole rings is 1. The molecule has 1 fully saturated rings. The zero-order valence-corrected chi connectivity index (χ0v) is 17.9. The van der Waals surface area contributed by atoms with Crippen LogP contribution in [-0.2, 0) is 6.54 Å². The van der Waals surface area contributed by atoms with E-state index in [0.717, 1.165) is 24.1 Å². The van der Waals surface area contributed by atoms with Crippen LogP contribution in [0, 0.1) is 5.92 Å². The Balaban J connectivity index is 0.00000264. The van der Waals surface area contributed by atoms with E-state index in [1.54, 1.807) is 11.3 Å². The van der Waals surface area contributed by atoms with Gasteiger partial charge in [-0.1, -0.05) is 20.8 Å². The molecule has 0 unspecified atom stereocenters. The highest BCUT2D eigenvalue weighted by molar-refractivity contribution is 14.0. The lowest BCUT2D eigenvalue weighted by Crippen LogP contribution is -2.44. The Bertz CT molecular complexity index is 479. The average Bonchev–Trinajstić information content (AvgIpc) is 2.96. The number of rotatable bonds is 5. The van der Waals surface area contributed by atoms with Crippen molar-refractivity contribution in [1.82, 2.24) is 15.6 Å². The number of guanidine groups is 1. The van der Waals surface area contributed by atoms with Crippen LogP contribution in [0.3, 0.4) is 0 Å². The minimum atomic E-state index is 0. The van der Waals surface area contributed by atoms with Crippen LogP contribution in [0.4, 0.5) is 0 Å². The summed E-state index contributed by atoms with van der Waals surface area (Å²) in [7, 11) is 0. The summed E-state index contributed by atoms with van der Waals surface area (Å²) in [5, 5.41) is 10.3. The summed E-state index contributed by atoms with van der Waals surface area (Å²) in [4.78, 5) is 9.36. The molecule has 0 atom stereocenters. The first-order valence-corrected chi connectivity index (χ1v) is 9.45. The average molecular weight is 450 g/mol. The molecule has 0 bridgehead atoms. The molecular formula is C17H31IN4S. The Morgan fingerprint density at radius 1 is 1.35 bits per heavy atom. The van der Waals surface area contributed by atoms with E-state index in [1.165, 1.54) is 30.7 Å². The van der Waals surface area contributed by atoms with Gasteiger partial charge in [0.05, 0.1) is 17.2 Å². The fourth-order valence-corrected chi connectivity index (χ4v) is 3.56. The molecule has 0 aromatic carbocycles. The van der Waals surface area contributed by atoms with Crippen molar-refractivity contribution in [3.63, 3.8) is 0 Å². The topological polar surface area (TPSA) is 49.3 Å². The fourth-order valence-electron chi connectivity index (χ4n) is 2.74. The van der Waals surface area contributed by atoms with Gasteiger partial charge in [-0.2, -0.15) is 0 Å². The third-order valence-electron chi connectivity index (χ3n) is 4.16. The van der Waals surface area contributed by atoms with Gasteiger partial charge in [0.15, 0.2) is 5.96 Å². The SMILES string of the molecule is CCNC(=NCc1csc(C(C)C)n1)NC1CCC(C)CC1.I. The van der Waals surface area contributed by atoms with Crippen LogP contribution < -0.4 is 10.6 Å². The molecule has 0 spiro atoms. The second kappa shape index (κ2) is 10.5. The molecule has 2 rings (SSSR count). The molecule has 2 N–H and O–H groups in total. The third kappa shape index (κ3) is 6.95. The normalized spacial score (nSPS) is 21.9. The van der Waals surface area contributed by atoms with Crippen LogP contribution in [0.1, 0.15) is 70.0 Å². The summed E-state index contributed by atoms with van der Waals surface area (Å²) < 4.78 is 0. The Morgan fingerprint density at radius 3 is 2.61 bits per heavy atom. The molecule has 1 aliphatic carbocycles. The minimum absolute atomic E-state index is 0. The number of nitrogens with zero attached hydrogens (tertiary/aromatic N) is 2. The first-order valence-electron chi connectivity index (χ1n) is 8.57. The number of halogens is 1. The van der Waals surface area contributed by atoms with Crippen molar-refractivity contribution >= 4 is 41.3 Å². The minimum Gasteiger partial charge on any atom is -0.357 e. The van der Waals surface area contributed by atoms with Crippen LogP contribution in [0.5, 0.6) is 0 Å². The van der Waals surface area contributed by atoms with Gasteiger partial charge in [0.25, 0.3) is 0 Å². The number of aromatic nitrogens is 1. The van der Waals surface area contributed by atoms with Crippen molar-refractivity contribution in [3.05, 3.63) is 16.1 Å². The number of aliphatic imine (C=N–C) groups is 1. The van der Waals surface area contributed by atoms with Gasteiger partial charge in [-0.3, -0.25) is 0 Å². The smallest absolute Gasteiger partial charge is 0.191 e. The van der Waals surface area contributed by atoms with Crippen LogP contribution in [0.25, 0.3) is 0 Å². The highest BCUT2D eigenvalue weighted by Gasteiger charge is 2.18. The zero-order valence-electron chi connectivity index (χ0n) is 14.8. The van der Waals surface area contributed by atoms with Gasteiger partial charge in [0.2, 0.25) is 0 Å². The molecule has 0 amide bonds. The standard InChI is InChI=1S/C17H30N4S.HI/c1-5-18-17(21-14-8-6-13(4)7-9-14)19-10-15-11-22-16(20-15)12(2)3;/h11-14H,5-10H2,1-4H3,(H2,18,19,21);1H. The van der Waals surface area contributed by atoms with Crippen LogP contribution in [-0.4, -0.2) is 23.5 Å². The maximum atomic E-state index is 4.71. The van der Waals surface area contributed by atoms with Crippen molar-refractivity contribution in [2.24, 2.45) is 10.9 Å². The molecule has 0 saturated heterocycles. The molecule has 0 aliphatic heterocycles. The van der Waals surface area contributed by atoms with Crippen molar-refractivity contribution < 1.29 is 0 Å². The number of hydrogen-bond donors (Lipinski definition) is 2. The van der Waals surface area contributed by atoms with Crippen LogP contribution >= 0.6 is 35.3 Å². The van der Waals surface area contributed by atoms with E-state index in [4.69, 9.17) is 4.99 Å². The summed E-state index contributed by atoms with van der Waals surface area (Å²) in [6, 6.07) is 0.565. The lowest BCUT2D eigenvalue weighted by molar-refractivity contribution is 0.329. The van der Waals surface area contributed by atoms with Crippen LogP contribution in [0.15, 0.2) is 10.4 Å². The molecule has 1 aromatic rings. The maximum Gasteiger partial charge on any atom is 0.191 e. The van der Waals surface area contributed by atoms with E-state index in [1.807, 2.05) is 0 Å². The monoisotopic (exact) mass is 450 g/mol. The second-order valence-corrected chi connectivity index (χ2v) is 7.52. The zero-order chi connectivity index (χ0) is 15.9. The predicted molar refractivity (Wildman–Crippen MR) is 111 cm³/mol. The van der Waals surface area contributed by atoms with E-state index in [2.05, 4.69) is 48.7 Å². The summed E-state index contributed by atoms with van der Waals surface area (Å²) in [6.07, 6.45) is 5.14. The number of hydrogen-bond acceptors (Lipinski definition) is 3. The summed E-state index contributed by atoms with van der Waals surface area (Å²) in [5.74, 6) is 2.31. The first-order chi connectivity index (χ1) is 10.6. The van der Waals surface area contributed by atoms with E-state index in [0.29, 0.717) is 18.5 Å². The molecule has 23 heavy (non-hydrogen) atoms. The molecule has 1 aliphatic rings. The second-order valence-electron chi connectivity index (χ2n) is 6.63. The third-order valence-corrected chi connectivity index (χ3v) is 5.36. The first kappa shape index (κ1) is 20.7. The molecule has 1 heterocycles. The molecule has 1 aromatic heterocycles. The van der Waals surface area contributed by atoms with Gasteiger partial charge in [0.1, 0.15) is 0 Å². The van der Waals surface area contributed by atoms with Gasteiger partial charge in [-0.25, -0.2) is 9.98 Å². The van der Waals surface area contributed by atoms with Gasteiger partial charge in [0, 0.05) is 23.9 Å². The summed E-state index contributed by atoms with van der Waals surface area (Å²) in [6.45, 7) is 10.4. The van der Waals surface area contributed by atoms with Crippen molar-refractivity contribution in [3.8, 4) is 0 Å².